The number of rotatable bonds is 1. The van der Waals surface area contributed by atoms with E-state index in [0.717, 1.165) is 11.3 Å². The highest BCUT2D eigenvalue weighted by molar-refractivity contribution is 5.87. The highest BCUT2D eigenvalue weighted by Crippen LogP contribution is 2.21. The molecule has 0 fully saturated rings. The molecule has 0 saturated carbocycles. The number of nitrogens with zero attached hydrogens (tertiary/aromatic N) is 1. The molecule has 1 aliphatic rings. The molecule has 4 N–H and O–H groups in total. The van der Waals surface area contributed by atoms with Crippen LogP contribution >= 0.6 is 0 Å². The molecule has 0 radical (unpaired) electrons. The van der Waals surface area contributed by atoms with Gasteiger partial charge in [0, 0.05) is 23.7 Å². The summed E-state index contributed by atoms with van der Waals surface area (Å²) in [7, 11) is 0. The fourth-order valence-electron chi connectivity index (χ4n) is 1.56. The van der Waals surface area contributed by atoms with Crippen molar-refractivity contribution in [3.8, 4) is 0 Å². The average Bonchev–Trinajstić information content (AvgIpc) is 2.43. The second-order valence-corrected chi connectivity index (χ2v) is 3.00. The van der Waals surface area contributed by atoms with Crippen LogP contribution in [0.4, 0.5) is 0 Å². The maximum absolute atomic E-state index is 10.6. The third kappa shape index (κ3) is 0.902. The summed E-state index contributed by atoms with van der Waals surface area (Å²) in [6.07, 6.45) is 1.32. The number of aromatic carboxylic acids is 1. The lowest BCUT2D eigenvalue weighted by Crippen LogP contribution is -2.20. The van der Waals surface area contributed by atoms with Crippen LogP contribution in [0.2, 0.25) is 0 Å². The van der Waals surface area contributed by atoms with Gasteiger partial charge in [0.2, 0.25) is 0 Å². The van der Waals surface area contributed by atoms with Gasteiger partial charge in [-0.15, -0.1) is 0 Å². The normalized spacial score (nSPS) is 20.9. The van der Waals surface area contributed by atoms with E-state index in [0.29, 0.717) is 12.8 Å². The third-order valence-corrected chi connectivity index (χ3v) is 2.09. The smallest absolute Gasteiger partial charge is 0.356 e. The molecule has 2 rings (SSSR count). The molecule has 0 aliphatic heterocycles. The molecule has 1 aromatic heterocycles. The summed E-state index contributed by atoms with van der Waals surface area (Å²) in [6.45, 7) is 0. The largest absolute Gasteiger partial charge is 0.476 e. The second-order valence-electron chi connectivity index (χ2n) is 3.00. The van der Waals surface area contributed by atoms with E-state index in [1.54, 1.807) is 0 Å². The first-order valence-electron chi connectivity index (χ1n) is 3.73. The number of carboxylic acid groups (broad SMARTS) is 1. The van der Waals surface area contributed by atoms with E-state index in [1.165, 1.54) is 0 Å². The minimum absolute atomic E-state index is 0.0485. The fourth-order valence-corrected chi connectivity index (χ4v) is 1.56. The van der Waals surface area contributed by atoms with Crippen LogP contribution in [0.1, 0.15) is 21.7 Å². The van der Waals surface area contributed by atoms with Gasteiger partial charge in [-0.1, -0.05) is 0 Å². The number of hydrogen-bond donors (Lipinski definition) is 3. The van der Waals surface area contributed by atoms with Gasteiger partial charge in [0.15, 0.2) is 5.69 Å². The Morgan fingerprint density at radius 3 is 3.08 bits per heavy atom. The molecule has 0 spiro atoms. The summed E-state index contributed by atoms with van der Waals surface area (Å²) in [5.74, 6) is -0.985. The SMILES string of the molecule is N[C@H]1Cc2[nH]nc(C(=O)O)c2C1. The van der Waals surface area contributed by atoms with Crippen molar-refractivity contribution in [3.05, 3.63) is 17.0 Å². The Labute approximate surface area is 68.6 Å². The minimum Gasteiger partial charge on any atom is -0.476 e. The average molecular weight is 167 g/mol. The lowest BCUT2D eigenvalue weighted by Gasteiger charge is -1.97. The van der Waals surface area contributed by atoms with Gasteiger partial charge in [-0.05, 0) is 6.42 Å². The Hall–Kier alpha value is -1.36. The number of aromatic amines is 1. The highest BCUT2D eigenvalue weighted by Gasteiger charge is 2.26. The van der Waals surface area contributed by atoms with Gasteiger partial charge in [-0.25, -0.2) is 4.79 Å². The van der Waals surface area contributed by atoms with Crippen molar-refractivity contribution >= 4 is 5.97 Å². The minimum atomic E-state index is -0.985. The Morgan fingerprint density at radius 1 is 1.67 bits per heavy atom. The molecular formula is C7H9N3O2. The molecule has 5 nitrogen and oxygen atoms in total. The zero-order chi connectivity index (χ0) is 8.72. The van der Waals surface area contributed by atoms with Crippen LogP contribution in [0.25, 0.3) is 0 Å². The van der Waals surface area contributed by atoms with Crippen LogP contribution in [0, 0.1) is 0 Å². The molecule has 64 valence electrons. The van der Waals surface area contributed by atoms with Crippen molar-refractivity contribution in [2.45, 2.75) is 18.9 Å². The Kier molecular flexibility index (Phi) is 1.41. The predicted octanol–water partition coefficient (Wildman–Crippen LogP) is -0.466. The van der Waals surface area contributed by atoms with E-state index >= 15 is 0 Å². The molecule has 1 atom stereocenters. The van der Waals surface area contributed by atoms with Gasteiger partial charge in [-0.2, -0.15) is 5.10 Å². The van der Waals surface area contributed by atoms with Crippen molar-refractivity contribution < 1.29 is 9.90 Å². The van der Waals surface area contributed by atoms with Crippen LogP contribution < -0.4 is 5.73 Å². The molecule has 5 heteroatoms. The van der Waals surface area contributed by atoms with E-state index in [9.17, 15) is 4.79 Å². The second kappa shape index (κ2) is 2.31. The lowest BCUT2D eigenvalue weighted by molar-refractivity contribution is 0.0689. The molecule has 0 unspecified atom stereocenters. The zero-order valence-corrected chi connectivity index (χ0v) is 6.37. The van der Waals surface area contributed by atoms with Gasteiger partial charge in [0.05, 0.1) is 0 Å². The molecule has 12 heavy (non-hydrogen) atoms. The van der Waals surface area contributed by atoms with Crippen molar-refractivity contribution in [1.82, 2.24) is 10.2 Å². The summed E-state index contributed by atoms with van der Waals surface area (Å²) >= 11 is 0. The van der Waals surface area contributed by atoms with Crippen LogP contribution in [0.3, 0.4) is 0 Å². The summed E-state index contributed by atoms with van der Waals surface area (Å²) in [5.41, 5.74) is 7.43. The number of hydrogen-bond acceptors (Lipinski definition) is 3. The van der Waals surface area contributed by atoms with Crippen LogP contribution in [0.15, 0.2) is 0 Å². The number of H-pyrrole nitrogens is 1. The number of aromatic nitrogens is 2. The number of carboxylic acids is 1. The van der Waals surface area contributed by atoms with Crippen LogP contribution in [0.5, 0.6) is 0 Å². The van der Waals surface area contributed by atoms with Gasteiger partial charge in [0.25, 0.3) is 0 Å². The van der Waals surface area contributed by atoms with Crippen molar-refractivity contribution in [3.63, 3.8) is 0 Å². The van der Waals surface area contributed by atoms with Crippen molar-refractivity contribution in [2.75, 3.05) is 0 Å². The number of carbonyl (C=O) groups is 1. The van der Waals surface area contributed by atoms with Crippen LogP contribution in [-0.4, -0.2) is 27.3 Å². The quantitative estimate of drug-likeness (QED) is 0.527. The Balaban J connectivity index is 2.43. The van der Waals surface area contributed by atoms with Gasteiger partial charge in [-0.3, -0.25) is 5.10 Å². The van der Waals surface area contributed by atoms with Gasteiger partial charge < -0.3 is 10.8 Å². The molecule has 0 aromatic carbocycles. The maximum Gasteiger partial charge on any atom is 0.356 e. The molecular weight excluding hydrogens is 158 g/mol. The van der Waals surface area contributed by atoms with E-state index in [1.807, 2.05) is 0 Å². The Bertz CT molecular complexity index is 331. The standard InChI is InChI=1S/C7H9N3O2/c8-3-1-4-5(2-3)9-10-6(4)7(11)12/h3H,1-2,8H2,(H,9,10)(H,11,12)/t3-/m1/s1. The van der Waals surface area contributed by atoms with E-state index in [-0.39, 0.29) is 11.7 Å². The molecule has 1 heterocycles. The van der Waals surface area contributed by atoms with Crippen LogP contribution in [-0.2, 0) is 12.8 Å². The first-order valence-corrected chi connectivity index (χ1v) is 3.73. The number of nitrogens with two attached hydrogens (primary N) is 1. The monoisotopic (exact) mass is 167 g/mol. The number of fused-ring (bicyclic) bond motifs is 1. The first-order chi connectivity index (χ1) is 5.68. The summed E-state index contributed by atoms with van der Waals surface area (Å²) in [4.78, 5) is 10.6. The summed E-state index contributed by atoms with van der Waals surface area (Å²) < 4.78 is 0. The predicted molar refractivity (Wildman–Crippen MR) is 40.9 cm³/mol. The highest BCUT2D eigenvalue weighted by atomic mass is 16.4. The third-order valence-electron chi connectivity index (χ3n) is 2.09. The Morgan fingerprint density at radius 2 is 2.42 bits per heavy atom. The first kappa shape index (κ1) is 7.30. The topological polar surface area (TPSA) is 92.0 Å². The van der Waals surface area contributed by atoms with Gasteiger partial charge in [0.1, 0.15) is 0 Å². The van der Waals surface area contributed by atoms with E-state index in [2.05, 4.69) is 10.2 Å². The molecule has 0 saturated heterocycles. The molecule has 0 bridgehead atoms. The van der Waals surface area contributed by atoms with Crippen molar-refractivity contribution in [2.24, 2.45) is 5.73 Å². The van der Waals surface area contributed by atoms with E-state index in [4.69, 9.17) is 10.8 Å². The molecule has 1 aliphatic carbocycles. The molecule has 1 aromatic rings. The summed E-state index contributed by atoms with van der Waals surface area (Å²) in [6, 6.07) is 0.0485. The molecule has 0 amide bonds. The van der Waals surface area contributed by atoms with Gasteiger partial charge >= 0.3 is 5.97 Å². The number of nitrogens with one attached hydrogen (secondary N) is 1. The maximum atomic E-state index is 10.6. The van der Waals surface area contributed by atoms with E-state index < -0.39 is 5.97 Å². The zero-order valence-electron chi connectivity index (χ0n) is 6.37. The van der Waals surface area contributed by atoms with Crippen molar-refractivity contribution in [1.29, 1.82) is 0 Å². The fraction of sp³-hybridized carbons (Fsp3) is 0.429. The lowest BCUT2D eigenvalue weighted by atomic mass is 10.2. The summed E-state index contributed by atoms with van der Waals surface area (Å²) in [5, 5.41) is 15.1.